The number of rotatable bonds is 3. The minimum Gasteiger partial charge on any atom is -0.310 e. The van der Waals surface area contributed by atoms with Crippen LogP contribution in [0.15, 0.2) is 121 Å². The molecule has 0 atom stereocenters. The van der Waals surface area contributed by atoms with Crippen molar-refractivity contribution in [1.29, 1.82) is 0 Å². The fourth-order valence-electron chi connectivity index (χ4n) is 7.61. The van der Waals surface area contributed by atoms with Gasteiger partial charge in [-0.2, -0.15) is 0 Å². The highest BCUT2D eigenvalue weighted by molar-refractivity contribution is 6.03. The Bertz CT molecular complexity index is 2040. The summed E-state index contributed by atoms with van der Waals surface area (Å²) in [4.78, 5) is 2.44. The molecular formula is C41H35N. The summed E-state index contributed by atoms with van der Waals surface area (Å²) in [5.74, 6) is 0. The topological polar surface area (TPSA) is 3.24 Å². The van der Waals surface area contributed by atoms with Crippen LogP contribution in [-0.4, -0.2) is 0 Å². The van der Waals surface area contributed by atoms with Crippen LogP contribution in [0.4, 0.5) is 17.1 Å². The molecule has 0 aliphatic heterocycles. The molecule has 0 aromatic heterocycles. The second kappa shape index (κ2) is 8.69. The van der Waals surface area contributed by atoms with Crippen LogP contribution < -0.4 is 4.90 Å². The zero-order valence-electron chi connectivity index (χ0n) is 25.0. The van der Waals surface area contributed by atoms with E-state index in [1.807, 2.05) is 0 Å². The van der Waals surface area contributed by atoms with E-state index in [1.165, 1.54) is 77.9 Å². The first-order chi connectivity index (χ1) is 20.2. The van der Waals surface area contributed by atoms with Crippen molar-refractivity contribution >= 4 is 27.8 Å². The van der Waals surface area contributed by atoms with Crippen LogP contribution in [0.1, 0.15) is 55.5 Å². The van der Waals surface area contributed by atoms with Gasteiger partial charge in [-0.15, -0.1) is 0 Å². The SMILES string of the molecule is Cc1ccc(N(c2ccc3c(c2)C(C)(C)c2ccccc2-3)c2ccc3c(c2)C(C)(C)c2ccc4ccccc4c2-3)cc1. The van der Waals surface area contributed by atoms with Gasteiger partial charge in [-0.05, 0) is 98.6 Å². The van der Waals surface area contributed by atoms with Crippen LogP contribution in [-0.2, 0) is 10.8 Å². The summed E-state index contributed by atoms with van der Waals surface area (Å²) in [5, 5.41) is 2.64. The van der Waals surface area contributed by atoms with Crippen molar-refractivity contribution in [3.05, 3.63) is 149 Å². The maximum atomic E-state index is 2.44. The summed E-state index contributed by atoms with van der Waals surface area (Å²) in [6.07, 6.45) is 0. The van der Waals surface area contributed by atoms with Gasteiger partial charge in [-0.25, -0.2) is 0 Å². The molecule has 8 rings (SSSR count). The van der Waals surface area contributed by atoms with Gasteiger partial charge in [0.2, 0.25) is 0 Å². The van der Waals surface area contributed by atoms with E-state index in [4.69, 9.17) is 0 Å². The van der Waals surface area contributed by atoms with Crippen LogP contribution in [0.25, 0.3) is 33.0 Å². The molecule has 0 N–H and O–H groups in total. The minimum absolute atomic E-state index is 0.0521. The van der Waals surface area contributed by atoms with E-state index in [9.17, 15) is 0 Å². The van der Waals surface area contributed by atoms with Crippen LogP contribution >= 0.6 is 0 Å². The van der Waals surface area contributed by atoms with E-state index in [-0.39, 0.29) is 10.8 Å². The highest BCUT2D eigenvalue weighted by atomic mass is 15.1. The fraction of sp³-hybridized carbons (Fsp3) is 0.171. The van der Waals surface area contributed by atoms with Crippen LogP contribution in [0, 0.1) is 6.92 Å². The Hall–Kier alpha value is -4.62. The Balaban J connectivity index is 1.33. The van der Waals surface area contributed by atoms with Crippen molar-refractivity contribution in [2.24, 2.45) is 0 Å². The van der Waals surface area contributed by atoms with E-state index in [0.717, 1.165) is 0 Å². The first-order valence-electron chi connectivity index (χ1n) is 15.0. The monoisotopic (exact) mass is 541 g/mol. The average molecular weight is 542 g/mol. The van der Waals surface area contributed by atoms with Gasteiger partial charge < -0.3 is 4.90 Å². The molecule has 0 spiro atoms. The number of nitrogens with zero attached hydrogens (tertiary/aromatic N) is 1. The second-order valence-corrected chi connectivity index (χ2v) is 13.1. The molecular weight excluding hydrogens is 506 g/mol. The number of benzene rings is 6. The Morgan fingerprint density at radius 3 is 1.79 bits per heavy atom. The van der Waals surface area contributed by atoms with Gasteiger partial charge in [0.05, 0.1) is 0 Å². The average Bonchev–Trinajstić information content (AvgIpc) is 3.38. The maximum Gasteiger partial charge on any atom is 0.0465 e. The van der Waals surface area contributed by atoms with Crippen molar-refractivity contribution in [1.82, 2.24) is 0 Å². The Morgan fingerprint density at radius 2 is 1.02 bits per heavy atom. The number of hydrogen-bond donors (Lipinski definition) is 0. The molecule has 42 heavy (non-hydrogen) atoms. The molecule has 6 aromatic rings. The van der Waals surface area contributed by atoms with Gasteiger partial charge in [-0.3, -0.25) is 0 Å². The third-order valence-electron chi connectivity index (χ3n) is 9.92. The molecule has 6 aromatic carbocycles. The lowest BCUT2D eigenvalue weighted by molar-refractivity contribution is 0.660. The Morgan fingerprint density at radius 1 is 0.452 bits per heavy atom. The standard InChI is InChI=1S/C41H35N/c1-26-14-17-28(18-15-26)42(29-19-21-33-32-12-8-9-13-35(32)40(2,3)37(33)24-29)30-20-22-34-38(25-30)41(4,5)36-23-16-27-10-6-7-11-31(27)39(34)36/h6-25H,1-5H3. The largest absolute Gasteiger partial charge is 0.310 e. The zero-order chi connectivity index (χ0) is 28.8. The summed E-state index contributed by atoms with van der Waals surface area (Å²) in [7, 11) is 0. The van der Waals surface area contributed by atoms with Crippen molar-refractivity contribution in [2.45, 2.75) is 45.4 Å². The normalized spacial score (nSPS) is 15.2. The predicted molar refractivity (Wildman–Crippen MR) is 178 cm³/mol. The van der Waals surface area contributed by atoms with Crippen LogP contribution in [0.3, 0.4) is 0 Å². The molecule has 2 aliphatic carbocycles. The number of hydrogen-bond acceptors (Lipinski definition) is 1. The molecule has 0 radical (unpaired) electrons. The van der Waals surface area contributed by atoms with E-state index >= 15 is 0 Å². The van der Waals surface area contributed by atoms with Crippen molar-refractivity contribution in [3.8, 4) is 22.3 Å². The summed E-state index contributed by atoms with van der Waals surface area (Å²) in [6, 6.07) is 45.4. The lowest BCUT2D eigenvalue weighted by atomic mass is 9.81. The molecule has 0 amide bonds. The lowest BCUT2D eigenvalue weighted by Crippen LogP contribution is -2.18. The van der Waals surface area contributed by atoms with Crippen molar-refractivity contribution < 1.29 is 0 Å². The highest BCUT2D eigenvalue weighted by Crippen LogP contribution is 2.54. The van der Waals surface area contributed by atoms with Crippen LogP contribution in [0.2, 0.25) is 0 Å². The highest BCUT2D eigenvalue weighted by Gasteiger charge is 2.38. The summed E-state index contributed by atoms with van der Waals surface area (Å²) >= 11 is 0. The third kappa shape index (κ3) is 3.43. The molecule has 0 unspecified atom stereocenters. The summed E-state index contributed by atoms with van der Waals surface area (Å²) in [5.41, 5.74) is 15.7. The van der Waals surface area contributed by atoms with Gasteiger partial charge in [0.1, 0.15) is 0 Å². The first kappa shape index (κ1) is 25.1. The van der Waals surface area contributed by atoms with Gasteiger partial charge in [-0.1, -0.05) is 118 Å². The molecule has 0 saturated heterocycles. The second-order valence-electron chi connectivity index (χ2n) is 13.1. The quantitative estimate of drug-likeness (QED) is 0.215. The zero-order valence-corrected chi connectivity index (χ0v) is 25.0. The molecule has 0 heterocycles. The Labute approximate surface area is 249 Å². The summed E-state index contributed by atoms with van der Waals surface area (Å²) in [6.45, 7) is 11.6. The molecule has 204 valence electrons. The summed E-state index contributed by atoms with van der Waals surface area (Å²) < 4.78 is 0. The molecule has 0 fully saturated rings. The van der Waals surface area contributed by atoms with E-state index in [0.29, 0.717) is 0 Å². The van der Waals surface area contributed by atoms with Crippen molar-refractivity contribution in [2.75, 3.05) is 4.90 Å². The third-order valence-corrected chi connectivity index (χ3v) is 9.92. The first-order valence-corrected chi connectivity index (χ1v) is 15.0. The van der Waals surface area contributed by atoms with Gasteiger partial charge in [0, 0.05) is 27.9 Å². The Kier molecular flexibility index (Phi) is 5.20. The molecule has 1 nitrogen and oxygen atoms in total. The van der Waals surface area contributed by atoms with Crippen molar-refractivity contribution in [3.63, 3.8) is 0 Å². The predicted octanol–water partition coefficient (Wildman–Crippen LogP) is 11.2. The number of fused-ring (bicyclic) bond motifs is 8. The molecule has 0 saturated carbocycles. The minimum atomic E-state index is -0.0920. The number of aryl methyl sites for hydroxylation is 1. The fourth-order valence-corrected chi connectivity index (χ4v) is 7.61. The molecule has 1 heteroatoms. The lowest BCUT2D eigenvalue weighted by Gasteiger charge is -2.29. The van der Waals surface area contributed by atoms with Crippen LogP contribution in [0.5, 0.6) is 0 Å². The van der Waals surface area contributed by atoms with Gasteiger partial charge in [0.25, 0.3) is 0 Å². The van der Waals surface area contributed by atoms with E-state index < -0.39 is 0 Å². The maximum absolute atomic E-state index is 2.44. The smallest absolute Gasteiger partial charge is 0.0465 e. The molecule has 0 bridgehead atoms. The van der Waals surface area contributed by atoms with E-state index in [1.54, 1.807) is 0 Å². The molecule has 2 aliphatic rings. The van der Waals surface area contributed by atoms with Gasteiger partial charge >= 0.3 is 0 Å². The van der Waals surface area contributed by atoms with Gasteiger partial charge in [0.15, 0.2) is 0 Å². The number of anilines is 3. The van der Waals surface area contributed by atoms with E-state index in [2.05, 4.69) is 161 Å².